The maximum atomic E-state index is 12.0. The van der Waals surface area contributed by atoms with Crippen molar-refractivity contribution in [2.75, 3.05) is 43.2 Å². The quantitative estimate of drug-likeness (QED) is 0.885. The van der Waals surface area contributed by atoms with Crippen molar-refractivity contribution in [1.29, 1.82) is 0 Å². The summed E-state index contributed by atoms with van der Waals surface area (Å²) < 4.78 is 0. The largest absolute Gasteiger partial charge is 0.366 e. The van der Waals surface area contributed by atoms with Gasteiger partial charge in [-0.2, -0.15) is 0 Å². The molecule has 5 nitrogen and oxygen atoms in total. The Balaban J connectivity index is 1.89. The zero-order chi connectivity index (χ0) is 15.0. The molecule has 0 bridgehead atoms. The molecule has 0 radical (unpaired) electrons. The Hall–Kier alpha value is -1.59. The van der Waals surface area contributed by atoms with Crippen LogP contribution in [-0.4, -0.2) is 56.2 Å². The Morgan fingerprint density at radius 1 is 1.33 bits per heavy atom. The van der Waals surface area contributed by atoms with Crippen LogP contribution in [0.3, 0.4) is 0 Å². The van der Waals surface area contributed by atoms with Gasteiger partial charge in [0.2, 0.25) is 5.91 Å². The van der Waals surface area contributed by atoms with Gasteiger partial charge in [-0.15, -0.1) is 0 Å². The summed E-state index contributed by atoms with van der Waals surface area (Å²) in [5.41, 5.74) is 2.21. The summed E-state index contributed by atoms with van der Waals surface area (Å²) in [5.74, 6) is 0.120. The highest BCUT2D eigenvalue weighted by Crippen LogP contribution is 2.35. The lowest BCUT2D eigenvalue weighted by atomic mass is 10.1. The van der Waals surface area contributed by atoms with Crippen LogP contribution in [0.25, 0.3) is 0 Å². The van der Waals surface area contributed by atoms with Gasteiger partial charge in [0.05, 0.1) is 17.4 Å². The van der Waals surface area contributed by atoms with Crippen LogP contribution in [0.4, 0.5) is 11.4 Å². The standard InChI is InChI=1S/C16H24N4O/c1-12-9-19(10-14-8-17-11-18(14)3)15-6-4-5-7-16(15)20(12)13(2)21/h4-7,12,14,17H,8-11H2,1-3H3/t12-,14?/m0/s1. The van der Waals surface area contributed by atoms with Crippen molar-refractivity contribution in [3.8, 4) is 0 Å². The topological polar surface area (TPSA) is 38.8 Å². The average molecular weight is 288 g/mol. The van der Waals surface area contributed by atoms with Crippen molar-refractivity contribution < 1.29 is 4.79 Å². The summed E-state index contributed by atoms with van der Waals surface area (Å²) in [6.45, 7) is 7.64. The monoisotopic (exact) mass is 288 g/mol. The van der Waals surface area contributed by atoms with Crippen LogP contribution in [0.2, 0.25) is 0 Å². The minimum atomic E-state index is 0.120. The van der Waals surface area contributed by atoms with Crippen molar-refractivity contribution in [3.63, 3.8) is 0 Å². The number of benzene rings is 1. The number of fused-ring (bicyclic) bond motifs is 1. The van der Waals surface area contributed by atoms with Gasteiger partial charge in [-0.1, -0.05) is 12.1 Å². The number of hydrogen-bond donors (Lipinski definition) is 1. The first-order valence-electron chi connectivity index (χ1n) is 7.62. The lowest BCUT2D eigenvalue weighted by Crippen LogP contribution is -2.52. The third-order valence-electron chi connectivity index (χ3n) is 4.54. The van der Waals surface area contributed by atoms with E-state index >= 15 is 0 Å². The molecule has 0 spiro atoms. The third kappa shape index (κ3) is 2.63. The zero-order valence-corrected chi connectivity index (χ0v) is 13.0. The molecule has 0 saturated carbocycles. The van der Waals surface area contributed by atoms with Crippen molar-refractivity contribution in [1.82, 2.24) is 10.2 Å². The Bertz CT molecular complexity index is 533. The van der Waals surface area contributed by atoms with Crippen molar-refractivity contribution in [2.24, 2.45) is 0 Å². The fourth-order valence-electron chi connectivity index (χ4n) is 3.48. The van der Waals surface area contributed by atoms with E-state index in [-0.39, 0.29) is 11.9 Å². The lowest BCUT2D eigenvalue weighted by Gasteiger charge is -2.43. The Morgan fingerprint density at radius 2 is 2.05 bits per heavy atom. The smallest absolute Gasteiger partial charge is 0.224 e. The molecule has 1 aromatic carbocycles. The number of carbonyl (C=O) groups is 1. The van der Waals surface area contributed by atoms with E-state index < -0.39 is 0 Å². The van der Waals surface area contributed by atoms with Crippen molar-refractivity contribution in [2.45, 2.75) is 25.9 Å². The van der Waals surface area contributed by atoms with E-state index in [0.717, 1.165) is 32.0 Å². The van der Waals surface area contributed by atoms with Gasteiger partial charge >= 0.3 is 0 Å². The van der Waals surface area contributed by atoms with Gasteiger partial charge in [0.1, 0.15) is 0 Å². The molecule has 3 rings (SSSR count). The zero-order valence-electron chi connectivity index (χ0n) is 13.0. The normalized spacial score (nSPS) is 26.0. The van der Waals surface area contributed by atoms with Crippen LogP contribution in [0.15, 0.2) is 24.3 Å². The number of carbonyl (C=O) groups excluding carboxylic acids is 1. The summed E-state index contributed by atoms with van der Waals surface area (Å²) in [5, 5.41) is 3.41. The lowest BCUT2D eigenvalue weighted by molar-refractivity contribution is -0.117. The molecule has 21 heavy (non-hydrogen) atoms. The number of hydrogen-bond acceptors (Lipinski definition) is 4. The predicted octanol–water partition coefficient (Wildman–Crippen LogP) is 1.11. The van der Waals surface area contributed by atoms with E-state index in [4.69, 9.17) is 0 Å². The highest BCUT2D eigenvalue weighted by molar-refractivity contribution is 5.97. The molecule has 2 aliphatic heterocycles. The van der Waals surface area contributed by atoms with Crippen LogP contribution in [0.5, 0.6) is 0 Å². The van der Waals surface area contributed by atoms with Gasteiger partial charge in [0.25, 0.3) is 0 Å². The summed E-state index contributed by atoms with van der Waals surface area (Å²) in [4.78, 5) is 18.7. The van der Waals surface area contributed by atoms with Crippen LogP contribution in [0, 0.1) is 0 Å². The van der Waals surface area contributed by atoms with Crippen LogP contribution in [0.1, 0.15) is 13.8 Å². The molecule has 1 fully saturated rings. The van der Waals surface area contributed by atoms with E-state index in [0.29, 0.717) is 6.04 Å². The highest BCUT2D eigenvalue weighted by Gasteiger charge is 2.32. The first kappa shape index (κ1) is 14.4. The second kappa shape index (κ2) is 5.66. The fraction of sp³-hybridized carbons (Fsp3) is 0.562. The molecule has 2 atom stereocenters. The molecule has 1 amide bonds. The first-order valence-corrected chi connectivity index (χ1v) is 7.62. The van der Waals surface area contributed by atoms with Gasteiger partial charge in [0.15, 0.2) is 0 Å². The van der Waals surface area contributed by atoms with Gasteiger partial charge in [0, 0.05) is 39.3 Å². The summed E-state index contributed by atoms with van der Waals surface area (Å²) in [6.07, 6.45) is 0. The SMILES string of the molecule is CC(=O)N1c2ccccc2N(CC2CNCN2C)C[C@@H]1C. The molecular formula is C16H24N4O. The number of para-hydroxylation sites is 2. The second-order valence-corrected chi connectivity index (χ2v) is 6.15. The Morgan fingerprint density at radius 3 is 2.67 bits per heavy atom. The van der Waals surface area contributed by atoms with Gasteiger partial charge < -0.3 is 15.1 Å². The third-order valence-corrected chi connectivity index (χ3v) is 4.54. The number of anilines is 2. The van der Waals surface area contributed by atoms with Crippen molar-refractivity contribution in [3.05, 3.63) is 24.3 Å². The van der Waals surface area contributed by atoms with E-state index in [1.165, 1.54) is 5.69 Å². The molecule has 1 N–H and O–H groups in total. The molecule has 1 saturated heterocycles. The van der Waals surface area contributed by atoms with Gasteiger partial charge in [-0.25, -0.2) is 0 Å². The van der Waals surface area contributed by atoms with Crippen LogP contribution in [-0.2, 0) is 4.79 Å². The number of likely N-dealkylation sites (N-methyl/N-ethyl adjacent to an activating group) is 1. The molecular weight excluding hydrogens is 264 g/mol. The number of nitrogens with zero attached hydrogens (tertiary/aromatic N) is 3. The first-order chi connectivity index (χ1) is 10.1. The Labute approximate surface area is 126 Å². The summed E-state index contributed by atoms with van der Waals surface area (Å²) in [6, 6.07) is 8.96. The molecule has 2 aliphatic rings. The molecule has 2 heterocycles. The summed E-state index contributed by atoms with van der Waals surface area (Å²) >= 11 is 0. The van der Waals surface area contributed by atoms with Crippen LogP contribution < -0.4 is 15.1 Å². The summed E-state index contributed by atoms with van der Waals surface area (Å²) in [7, 11) is 2.16. The Kier molecular flexibility index (Phi) is 3.87. The second-order valence-electron chi connectivity index (χ2n) is 6.15. The fourth-order valence-corrected chi connectivity index (χ4v) is 3.48. The molecule has 0 aliphatic carbocycles. The minimum Gasteiger partial charge on any atom is -0.366 e. The number of rotatable bonds is 2. The molecule has 114 valence electrons. The number of nitrogens with one attached hydrogen (secondary N) is 1. The average Bonchev–Trinajstić information content (AvgIpc) is 2.84. The van der Waals surface area contributed by atoms with E-state index in [9.17, 15) is 4.79 Å². The highest BCUT2D eigenvalue weighted by atomic mass is 16.2. The van der Waals surface area contributed by atoms with E-state index in [1.807, 2.05) is 11.0 Å². The number of amides is 1. The predicted molar refractivity (Wildman–Crippen MR) is 85.7 cm³/mol. The molecule has 0 aromatic heterocycles. The minimum absolute atomic E-state index is 0.120. The van der Waals surface area contributed by atoms with E-state index in [1.54, 1.807) is 6.92 Å². The van der Waals surface area contributed by atoms with E-state index in [2.05, 4.69) is 47.3 Å². The maximum absolute atomic E-state index is 12.0. The van der Waals surface area contributed by atoms with Crippen LogP contribution >= 0.6 is 0 Å². The van der Waals surface area contributed by atoms with Gasteiger partial charge in [-0.05, 0) is 26.1 Å². The molecule has 1 unspecified atom stereocenters. The maximum Gasteiger partial charge on any atom is 0.224 e. The molecule has 5 heteroatoms. The molecule has 1 aromatic rings. The van der Waals surface area contributed by atoms with Crippen molar-refractivity contribution >= 4 is 17.3 Å². The van der Waals surface area contributed by atoms with Gasteiger partial charge in [-0.3, -0.25) is 9.69 Å².